The molecule has 0 aromatic rings. The predicted molar refractivity (Wildman–Crippen MR) is 50.8 cm³/mol. The molecule has 0 spiro atoms. The standard InChI is InChI=1S/C9H20N2O/c1-6(2)11(7(3)4)9(12)8(5)10/h6-8H,10H2,1-5H3/t8-/m1/s1. The number of nitrogens with zero attached hydrogens (tertiary/aromatic N) is 1. The summed E-state index contributed by atoms with van der Waals surface area (Å²) < 4.78 is 0. The van der Waals surface area contributed by atoms with Crippen LogP contribution in [0.5, 0.6) is 0 Å². The second-order valence-electron chi connectivity index (χ2n) is 3.72. The Morgan fingerprint density at radius 3 is 1.50 bits per heavy atom. The minimum absolute atomic E-state index is 0.0278. The molecule has 12 heavy (non-hydrogen) atoms. The van der Waals surface area contributed by atoms with Crippen molar-refractivity contribution in [3.8, 4) is 0 Å². The molecule has 0 bridgehead atoms. The molecule has 0 fully saturated rings. The molecule has 3 nitrogen and oxygen atoms in total. The van der Waals surface area contributed by atoms with Gasteiger partial charge in [-0.1, -0.05) is 0 Å². The molecule has 0 aliphatic carbocycles. The summed E-state index contributed by atoms with van der Waals surface area (Å²) in [6.07, 6.45) is 0. The highest BCUT2D eigenvalue weighted by Gasteiger charge is 2.22. The first-order valence-corrected chi connectivity index (χ1v) is 4.45. The van der Waals surface area contributed by atoms with Crippen LogP contribution in [0.2, 0.25) is 0 Å². The van der Waals surface area contributed by atoms with Crippen molar-refractivity contribution in [2.45, 2.75) is 52.7 Å². The summed E-state index contributed by atoms with van der Waals surface area (Å²) in [5, 5.41) is 0. The summed E-state index contributed by atoms with van der Waals surface area (Å²) in [5.74, 6) is 0.0278. The number of carbonyl (C=O) groups excluding carboxylic acids is 1. The summed E-state index contributed by atoms with van der Waals surface area (Å²) in [4.78, 5) is 13.3. The van der Waals surface area contributed by atoms with Crippen molar-refractivity contribution in [2.75, 3.05) is 0 Å². The molecule has 72 valence electrons. The van der Waals surface area contributed by atoms with Crippen LogP contribution in [-0.2, 0) is 4.79 Å². The normalized spacial score (nSPS) is 13.7. The van der Waals surface area contributed by atoms with E-state index in [0.717, 1.165) is 0 Å². The summed E-state index contributed by atoms with van der Waals surface area (Å²) in [6.45, 7) is 9.72. The van der Waals surface area contributed by atoms with Gasteiger partial charge < -0.3 is 10.6 Å². The van der Waals surface area contributed by atoms with Crippen molar-refractivity contribution in [1.29, 1.82) is 0 Å². The SMILES string of the molecule is CC(C)N(C(=O)[C@@H](C)N)C(C)C. The molecule has 0 aliphatic heterocycles. The monoisotopic (exact) mass is 172 g/mol. The van der Waals surface area contributed by atoms with Gasteiger partial charge in [-0.25, -0.2) is 0 Å². The van der Waals surface area contributed by atoms with Gasteiger partial charge >= 0.3 is 0 Å². The smallest absolute Gasteiger partial charge is 0.239 e. The van der Waals surface area contributed by atoms with E-state index in [-0.39, 0.29) is 18.0 Å². The topological polar surface area (TPSA) is 46.3 Å². The van der Waals surface area contributed by atoms with E-state index in [4.69, 9.17) is 5.73 Å². The molecule has 2 N–H and O–H groups in total. The van der Waals surface area contributed by atoms with Gasteiger partial charge in [-0.2, -0.15) is 0 Å². The number of carbonyl (C=O) groups is 1. The van der Waals surface area contributed by atoms with Crippen molar-refractivity contribution >= 4 is 5.91 Å². The van der Waals surface area contributed by atoms with E-state index in [2.05, 4.69) is 0 Å². The minimum Gasteiger partial charge on any atom is -0.337 e. The molecular weight excluding hydrogens is 152 g/mol. The average molecular weight is 172 g/mol. The largest absolute Gasteiger partial charge is 0.337 e. The second-order valence-corrected chi connectivity index (χ2v) is 3.72. The van der Waals surface area contributed by atoms with E-state index in [1.807, 2.05) is 32.6 Å². The molecule has 0 saturated carbocycles. The van der Waals surface area contributed by atoms with Gasteiger partial charge in [-0.3, -0.25) is 4.79 Å². The van der Waals surface area contributed by atoms with Crippen LogP contribution in [0.1, 0.15) is 34.6 Å². The first kappa shape index (κ1) is 11.4. The van der Waals surface area contributed by atoms with E-state index in [1.54, 1.807) is 6.92 Å². The number of rotatable bonds is 3. The molecule has 0 rings (SSSR count). The number of hydrogen-bond acceptors (Lipinski definition) is 2. The maximum absolute atomic E-state index is 11.5. The van der Waals surface area contributed by atoms with Crippen LogP contribution in [0.3, 0.4) is 0 Å². The summed E-state index contributed by atoms with van der Waals surface area (Å²) in [5.41, 5.74) is 5.52. The zero-order valence-electron chi connectivity index (χ0n) is 8.66. The van der Waals surface area contributed by atoms with E-state index in [9.17, 15) is 4.79 Å². The molecule has 0 aromatic heterocycles. The fraction of sp³-hybridized carbons (Fsp3) is 0.889. The molecule has 0 radical (unpaired) electrons. The fourth-order valence-electron chi connectivity index (χ4n) is 1.34. The van der Waals surface area contributed by atoms with Crippen LogP contribution in [0.15, 0.2) is 0 Å². The zero-order chi connectivity index (χ0) is 9.89. The molecule has 0 aromatic carbocycles. The quantitative estimate of drug-likeness (QED) is 0.689. The Hall–Kier alpha value is -0.570. The van der Waals surface area contributed by atoms with Crippen LogP contribution in [-0.4, -0.2) is 28.9 Å². The van der Waals surface area contributed by atoms with E-state index in [0.29, 0.717) is 0 Å². The van der Waals surface area contributed by atoms with Crippen molar-refractivity contribution in [3.05, 3.63) is 0 Å². The highest BCUT2D eigenvalue weighted by molar-refractivity contribution is 5.81. The average Bonchev–Trinajstić information content (AvgIpc) is 1.85. The molecule has 1 atom stereocenters. The molecule has 0 heterocycles. The van der Waals surface area contributed by atoms with E-state index >= 15 is 0 Å². The van der Waals surface area contributed by atoms with E-state index < -0.39 is 6.04 Å². The minimum atomic E-state index is -0.394. The molecular formula is C9H20N2O. The third-order valence-electron chi connectivity index (χ3n) is 1.76. The van der Waals surface area contributed by atoms with Crippen molar-refractivity contribution in [1.82, 2.24) is 4.90 Å². The van der Waals surface area contributed by atoms with Gasteiger partial charge in [0, 0.05) is 12.1 Å². The van der Waals surface area contributed by atoms with Crippen LogP contribution in [0.25, 0.3) is 0 Å². The lowest BCUT2D eigenvalue weighted by molar-refractivity contribution is -0.135. The van der Waals surface area contributed by atoms with E-state index in [1.165, 1.54) is 0 Å². The highest BCUT2D eigenvalue weighted by Crippen LogP contribution is 2.06. The Labute approximate surface area is 74.9 Å². The summed E-state index contributed by atoms with van der Waals surface area (Å²) in [7, 11) is 0. The van der Waals surface area contributed by atoms with Gasteiger partial charge in [0.1, 0.15) is 0 Å². The van der Waals surface area contributed by atoms with Crippen LogP contribution in [0, 0.1) is 0 Å². The Morgan fingerprint density at radius 1 is 1.08 bits per heavy atom. The third-order valence-corrected chi connectivity index (χ3v) is 1.76. The Balaban J connectivity index is 4.41. The maximum atomic E-state index is 11.5. The van der Waals surface area contributed by atoms with Crippen LogP contribution >= 0.6 is 0 Å². The lowest BCUT2D eigenvalue weighted by atomic mass is 10.2. The Kier molecular flexibility index (Phi) is 4.24. The Morgan fingerprint density at radius 2 is 1.42 bits per heavy atom. The Bertz CT molecular complexity index is 145. The zero-order valence-corrected chi connectivity index (χ0v) is 8.66. The lowest BCUT2D eigenvalue weighted by Crippen LogP contribution is -2.48. The number of amides is 1. The first-order valence-electron chi connectivity index (χ1n) is 4.45. The van der Waals surface area contributed by atoms with Gasteiger partial charge in [0.2, 0.25) is 5.91 Å². The summed E-state index contributed by atoms with van der Waals surface area (Å²) >= 11 is 0. The van der Waals surface area contributed by atoms with Crippen molar-refractivity contribution < 1.29 is 4.79 Å². The highest BCUT2D eigenvalue weighted by atomic mass is 16.2. The van der Waals surface area contributed by atoms with Gasteiger partial charge in [-0.05, 0) is 34.6 Å². The first-order chi connectivity index (χ1) is 5.37. The van der Waals surface area contributed by atoms with Crippen LogP contribution in [0.4, 0.5) is 0 Å². The molecule has 0 unspecified atom stereocenters. The van der Waals surface area contributed by atoms with Gasteiger partial charge in [-0.15, -0.1) is 0 Å². The number of hydrogen-bond donors (Lipinski definition) is 1. The summed E-state index contributed by atoms with van der Waals surface area (Å²) in [6, 6.07) is 0.0572. The maximum Gasteiger partial charge on any atom is 0.239 e. The molecule has 3 heteroatoms. The fourth-order valence-corrected chi connectivity index (χ4v) is 1.34. The van der Waals surface area contributed by atoms with Crippen molar-refractivity contribution in [2.24, 2.45) is 5.73 Å². The number of nitrogens with two attached hydrogens (primary N) is 1. The van der Waals surface area contributed by atoms with Gasteiger partial charge in [0.05, 0.1) is 6.04 Å². The predicted octanol–water partition coefficient (Wildman–Crippen LogP) is 0.979. The molecule has 1 amide bonds. The van der Waals surface area contributed by atoms with Gasteiger partial charge in [0.25, 0.3) is 0 Å². The van der Waals surface area contributed by atoms with Crippen molar-refractivity contribution in [3.63, 3.8) is 0 Å². The second kappa shape index (κ2) is 4.45. The van der Waals surface area contributed by atoms with Gasteiger partial charge in [0.15, 0.2) is 0 Å². The molecule has 0 aliphatic rings. The third kappa shape index (κ3) is 2.81. The molecule has 0 saturated heterocycles. The lowest BCUT2D eigenvalue weighted by Gasteiger charge is -2.32. The van der Waals surface area contributed by atoms with Crippen LogP contribution < -0.4 is 5.73 Å².